The molecule has 6 atom stereocenters. The summed E-state index contributed by atoms with van der Waals surface area (Å²) >= 11 is 0. The lowest BCUT2D eigenvalue weighted by molar-refractivity contribution is -0.144. The van der Waals surface area contributed by atoms with Crippen LogP contribution in [0.1, 0.15) is 59.3 Å². The molecule has 1 heterocycles. The number of amides is 7. The van der Waals surface area contributed by atoms with Crippen LogP contribution in [0.15, 0.2) is 0 Å². The highest BCUT2D eigenvalue weighted by Crippen LogP contribution is 2.20. The zero-order chi connectivity index (χ0) is 31.4. The Labute approximate surface area is 236 Å². The molecular formula is C24H40N8O9. The van der Waals surface area contributed by atoms with Crippen LogP contribution in [0.5, 0.6) is 0 Å². The highest BCUT2D eigenvalue weighted by molar-refractivity contribution is 5.96. The molecule has 1 aliphatic heterocycles. The van der Waals surface area contributed by atoms with E-state index in [2.05, 4.69) is 21.3 Å². The van der Waals surface area contributed by atoms with E-state index in [0.29, 0.717) is 6.42 Å². The molecule has 1 aliphatic rings. The lowest BCUT2D eigenvalue weighted by Crippen LogP contribution is -2.58. The van der Waals surface area contributed by atoms with Gasteiger partial charge in [0.15, 0.2) is 0 Å². The first-order chi connectivity index (χ1) is 19.0. The first kappa shape index (κ1) is 34.7. The predicted molar refractivity (Wildman–Crippen MR) is 142 cm³/mol. The Hall–Kier alpha value is -4.28. The van der Waals surface area contributed by atoms with E-state index in [-0.39, 0.29) is 38.6 Å². The van der Waals surface area contributed by atoms with Gasteiger partial charge < -0.3 is 48.5 Å². The summed E-state index contributed by atoms with van der Waals surface area (Å²) in [7, 11) is 0. The van der Waals surface area contributed by atoms with Crippen LogP contribution in [-0.2, 0) is 38.4 Å². The van der Waals surface area contributed by atoms with Crippen molar-refractivity contribution in [2.24, 2.45) is 17.2 Å². The summed E-state index contributed by atoms with van der Waals surface area (Å²) in [4.78, 5) is 98.8. The SMILES string of the molecule is C[C@H](N)C(=O)N[C@@H](CCC(N)=O)C(=O)N[C@@H](C)C(=O)N[C@@H](CCC(N)=O)C(=O)N1CCC[C@H]1C(=O)N[C@@H](C)C(=O)O. The van der Waals surface area contributed by atoms with Gasteiger partial charge in [-0.25, -0.2) is 0 Å². The van der Waals surface area contributed by atoms with Gasteiger partial charge in [-0.2, -0.15) is 0 Å². The van der Waals surface area contributed by atoms with E-state index < -0.39 is 83.6 Å². The van der Waals surface area contributed by atoms with Gasteiger partial charge >= 0.3 is 5.97 Å². The van der Waals surface area contributed by atoms with Crippen molar-refractivity contribution in [2.45, 2.75) is 95.5 Å². The average molecular weight is 585 g/mol. The fraction of sp³-hybridized carbons (Fsp3) is 0.667. The second-order valence-electron chi connectivity index (χ2n) is 9.91. The molecule has 0 radical (unpaired) electrons. The van der Waals surface area contributed by atoms with Crippen molar-refractivity contribution in [1.29, 1.82) is 0 Å². The zero-order valence-corrected chi connectivity index (χ0v) is 23.3. The van der Waals surface area contributed by atoms with Gasteiger partial charge in [0.25, 0.3) is 0 Å². The van der Waals surface area contributed by atoms with Crippen molar-refractivity contribution in [3.63, 3.8) is 0 Å². The summed E-state index contributed by atoms with van der Waals surface area (Å²) in [6.07, 6.45) is -0.190. The van der Waals surface area contributed by atoms with Gasteiger partial charge in [0, 0.05) is 19.4 Å². The molecule has 7 amide bonds. The fourth-order valence-corrected chi connectivity index (χ4v) is 3.95. The van der Waals surface area contributed by atoms with Crippen LogP contribution in [0.4, 0.5) is 0 Å². The Bertz CT molecular complexity index is 1030. The van der Waals surface area contributed by atoms with Crippen molar-refractivity contribution in [3.8, 4) is 0 Å². The maximum atomic E-state index is 13.4. The third-order valence-electron chi connectivity index (χ3n) is 6.34. The number of rotatable bonds is 16. The second kappa shape index (κ2) is 16.1. The number of carbonyl (C=O) groups excluding carboxylic acids is 7. The highest BCUT2D eigenvalue weighted by Gasteiger charge is 2.39. The third-order valence-corrected chi connectivity index (χ3v) is 6.34. The third kappa shape index (κ3) is 11.4. The maximum absolute atomic E-state index is 13.4. The van der Waals surface area contributed by atoms with E-state index in [1.807, 2.05) is 0 Å². The molecule has 0 spiro atoms. The molecule has 1 fully saturated rings. The summed E-state index contributed by atoms with van der Waals surface area (Å²) in [5.74, 6) is -6.40. The van der Waals surface area contributed by atoms with Crippen molar-refractivity contribution >= 4 is 47.3 Å². The number of carboxylic acids is 1. The number of aliphatic carboxylic acids is 1. The smallest absolute Gasteiger partial charge is 0.325 e. The second-order valence-corrected chi connectivity index (χ2v) is 9.91. The minimum absolute atomic E-state index is 0.147. The number of nitrogens with two attached hydrogens (primary N) is 3. The Morgan fingerprint density at radius 3 is 1.83 bits per heavy atom. The number of primary amides is 2. The van der Waals surface area contributed by atoms with Crippen LogP contribution in [0.3, 0.4) is 0 Å². The summed E-state index contributed by atoms with van der Waals surface area (Å²) in [6.45, 7) is 4.11. The average Bonchev–Trinajstić information content (AvgIpc) is 3.37. The van der Waals surface area contributed by atoms with Gasteiger partial charge in [0.05, 0.1) is 6.04 Å². The standard InChI is InChI=1S/C24H40N8O9/c1-11(25)19(35)30-14(6-8-17(26)33)21(37)28-12(2)20(36)31-15(7-9-18(27)34)23(39)32-10-4-5-16(32)22(38)29-13(3)24(40)41/h11-16H,4-10,25H2,1-3H3,(H2,26,33)(H2,27,34)(H,28,37)(H,29,38)(H,30,35)(H,31,36)(H,40,41)/t11-,12-,13-,14-,15-,16-/m0/s1. The first-order valence-corrected chi connectivity index (χ1v) is 13.1. The van der Waals surface area contributed by atoms with Crippen LogP contribution in [0, 0.1) is 0 Å². The van der Waals surface area contributed by atoms with Gasteiger partial charge in [-0.05, 0) is 46.5 Å². The lowest BCUT2D eigenvalue weighted by atomic mass is 10.1. The summed E-state index contributed by atoms with van der Waals surface area (Å²) in [5.41, 5.74) is 15.9. The van der Waals surface area contributed by atoms with Crippen LogP contribution in [0.25, 0.3) is 0 Å². The number of carbonyl (C=O) groups is 8. The topological polar surface area (TPSA) is 286 Å². The monoisotopic (exact) mass is 584 g/mol. The Morgan fingerprint density at radius 1 is 0.780 bits per heavy atom. The van der Waals surface area contributed by atoms with Crippen LogP contribution in [0.2, 0.25) is 0 Å². The molecule has 230 valence electrons. The van der Waals surface area contributed by atoms with E-state index in [1.54, 1.807) is 0 Å². The Morgan fingerprint density at radius 2 is 1.32 bits per heavy atom. The minimum Gasteiger partial charge on any atom is -0.480 e. The molecule has 0 saturated carbocycles. The molecule has 41 heavy (non-hydrogen) atoms. The molecule has 0 bridgehead atoms. The van der Waals surface area contributed by atoms with E-state index in [9.17, 15) is 38.4 Å². The minimum atomic E-state index is -1.30. The summed E-state index contributed by atoms with van der Waals surface area (Å²) in [6, 6.07) is -6.93. The number of hydrogen-bond donors (Lipinski definition) is 8. The molecule has 17 heteroatoms. The molecular weight excluding hydrogens is 544 g/mol. The highest BCUT2D eigenvalue weighted by atomic mass is 16.4. The summed E-state index contributed by atoms with van der Waals surface area (Å²) in [5, 5.41) is 18.6. The van der Waals surface area contributed by atoms with Crippen LogP contribution in [-0.4, -0.2) is 100 Å². The van der Waals surface area contributed by atoms with Crippen molar-refractivity contribution in [3.05, 3.63) is 0 Å². The molecule has 0 aliphatic carbocycles. The number of nitrogens with zero attached hydrogens (tertiary/aromatic N) is 1. The molecule has 11 N–H and O–H groups in total. The molecule has 0 aromatic heterocycles. The van der Waals surface area contributed by atoms with E-state index in [1.165, 1.54) is 25.7 Å². The van der Waals surface area contributed by atoms with Crippen LogP contribution < -0.4 is 38.5 Å². The first-order valence-electron chi connectivity index (χ1n) is 13.1. The normalized spacial score (nSPS) is 18.1. The Balaban J connectivity index is 3.01. The molecule has 1 rings (SSSR count). The molecule has 17 nitrogen and oxygen atoms in total. The largest absolute Gasteiger partial charge is 0.480 e. The molecule has 1 saturated heterocycles. The van der Waals surface area contributed by atoms with E-state index in [4.69, 9.17) is 22.3 Å². The van der Waals surface area contributed by atoms with E-state index >= 15 is 0 Å². The maximum Gasteiger partial charge on any atom is 0.325 e. The van der Waals surface area contributed by atoms with Crippen molar-refractivity contribution in [2.75, 3.05) is 6.54 Å². The van der Waals surface area contributed by atoms with Gasteiger partial charge in [-0.3, -0.25) is 38.4 Å². The van der Waals surface area contributed by atoms with E-state index in [0.717, 1.165) is 0 Å². The van der Waals surface area contributed by atoms with Gasteiger partial charge in [0.1, 0.15) is 30.2 Å². The number of nitrogens with one attached hydrogen (secondary N) is 4. The van der Waals surface area contributed by atoms with Gasteiger partial charge in [0.2, 0.25) is 41.4 Å². The zero-order valence-electron chi connectivity index (χ0n) is 23.3. The molecule has 0 aromatic carbocycles. The number of hydrogen-bond acceptors (Lipinski definition) is 9. The number of carboxylic acid groups (broad SMARTS) is 1. The summed E-state index contributed by atoms with van der Waals surface area (Å²) < 4.78 is 0. The Kier molecular flexibility index (Phi) is 13.6. The van der Waals surface area contributed by atoms with Crippen molar-refractivity contribution in [1.82, 2.24) is 26.2 Å². The van der Waals surface area contributed by atoms with Gasteiger partial charge in [-0.1, -0.05) is 0 Å². The molecule has 0 aromatic rings. The van der Waals surface area contributed by atoms with Crippen molar-refractivity contribution < 1.29 is 43.5 Å². The fourth-order valence-electron chi connectivity index (χ4n) is 3.95. The predicted octanol–water partition coefficient (Wildman–Crippen LogP) is -4.08. The van der Waals surface area contributed by atoms with Gasteiger partial charge in [-0.15, -0.1) is 0 Å². The van der Waals surface area contributed by atoms with Crippen LogP contribution >= 0.6 is 0 Å². The quantitative estimate of drug-likeness (QED) is 0.0867. The molecule has 0 unspecified atom stereocenters. The lowest BCUT2D eigenvalue weighted by Gasteiger charge is -2.30. The number of likely N-dealkylation sites (tertiary alicyclic amines) is 1.